The van der Waals surface area contributed by atoms with Gasteiger partial charge < -0.3 is 24.0 Å². The Bertz CT molecular complexity index is 1010. The summed E-state index contributed by atoms with van der Waals surface area (Å²) >= 11 is 1.87. The van der Waals surface area contributed by atoms with Crippen molar-refractivity contribution in [3.05, 3.63) is 48.0 Å². The Labute approximate surface area is 191 Å². The molecule has 0 bridgehead atoms. The van der Waals surface area contributed by atoms with E-state index in [4.69, 9.17) is 14.2 Å². The number of benzene rings is 2. The van der Waals surface area contributed by atoms with E-state index < -0.39 is 0 Å². The fourth-order valence-corrected chi connectivity index (χ4v) is 5.73. The number of hydrogen-bond acceptors (Lipinski definition) is 6. The third kappa shape index (κ3) is 4.11. The summed E-state index contributed by atoms with van der Waals surface area (Å²) in [5.41, 5.74) is 2.01. The number of amides is 2. The van der Waals surface area contributed by atoms with E-state index in [1.54, 1.807) is 12.0 Å². The van der Waals surface area contributed by atoms with Gasteiger partial charge in [0, 0.05) is 42.7 Å². The van der Waals surface area contributed by atoms with Crippen LogP contribution in [0.15, 0.2) is 42.5 Å². The molecule has 2 atom stereocenters. The first-order valence-electron chi connectivity index (χ1n) is 10.9. The molecule has 2 aromatic carbocycles. The number of fused-ring (bicyclic) bond motifs is 1. The summed E-state index contributed by atoms with van der Waals surface area (Å²) in [5.74, 6) is 2.98. The van der Waals surface area contributed by atoms with Gasteiger partial charge in [-0.2, -0.15) is 11.8 Å². The summed E-state index contributed by atoms with van der Waals surface area (Å²) in [5, 5.41) is 0.309. The lowest BCUT2D eigenvalue weighted by atomic mass is 10.1. The van der Waals surface area contributed by atoms with Crippen LogP contribution in [0.1, 0.15) is 23.7 Å². The molecule has 7 nitrogen and oxygen atoms in total. The second kappa shape index (κ2) is 8.94. The van der Waals surface area contributed by atoms with Gasteiger partial charge in [-0.3, -0.25) is 9.59 Å². The van der Waals surface area contributed by atoms with E-state index in [0.29, 0.717) is 24.9 Å². The lowest BCUT2D eigenvalue weighted by Crippen LogP contribution is -2.38. The SMILES string of the molecule is COc1ccc(N2CC(C(=O)N3CCSC(c4ccc5c(c4)OCO5)CC3)CC2=O)cc1. The fraction of sp³-hybridized carbons (Fsp3) is 0.417. The molecule has 2 saturated heterocycles. The molecule has 5 rings (SSSR count). The van der Waals surface area contributed by atoms with E-state index in [9.17, 15) is 9.59 Å². The van der Waals surface area contributed by atoms with E-state index in [2.05, 4.69) is 12.1 Å². The number of carbonyl (C=O) groups excluding carboxylic acids is 2. The predicted molar refractivity (Wildman–Crippen MR) is 122 cm³/mol. The molecule has 168 valence electrons. The van der Waals surface area contributed by atoms with E-state index in [1.807, 2.05) is 47.0 Å². The molecule has 8 heteroatoms. The normalized spacial score (nSPS) is 22.7. The molecule has 0 N–H and O–H groups in total. The highest BCUT2D eigenvalue weighted by Crippen LogP contribution is 2.40. The molecular weight excluding hydrogens is 428 g/mol. The molecule has 0 spiro atoms. The van der Waals surface area contributed by atoms with Crippen LogP contribution in [0.2, 0.25) is 0 Å². The van der Waals surface area contributed by atoms with Gasteiger partial charge in [0.25, 0.3) is 0 Å². The fourth-order valence-electron chi connectivity index (χ4n) is 4.51. The van der Waals surface area contributed by atoms with Crippen LogP contribution in [-0.4, -0.2) is 56.0 Å². The van der Waals surface area contributed by atoms with Gasteiger partial charge in [-0.15, -0.1) is 0 Å². The van der Waals surface area contributed by atoms with Crippen molar-refractivity contribution in [1.29, 1.82) is 0 Å². The van der Waals surface area contributed by atoms with Crippen LogP contribution in [-0.2, 0) is 9.59 Å². The van der Waals surface area contributed by atoms with Crippen LogP contribution < -0.4 is 19.1 Å². The number of methoxy groups -OCH3 is 1. The average Bonchev–Trinajstić information content (AvgIpc) is 3.37. The first kappa shape index (κ1) is 21.0. The van der Waals surface area contributed by atoms with E-state index in [0.717, 1.165) is 35.1 Å². The summed E-state index contributed by atoms with van der Waals surface area (Å²) in [4.78, 5) is 29.5. The standard InChI is InChI=1S/C24H26N2O5S/c1-29-19-5-3-18(4-6-19)26-14-17(13-23(26)27)24(28)25-9-8-22(32-11-10-25)16-2-7-20-21(12-16)31-15-30-20/h2-7,12,17,22H,8-11,13-15H2,1H3. The molecule has 0 aromatic heterocycles. The molecule has 3 aliphatic rings. The van der Waals surface area contributed by atoms with Crippen molar-refractivity contribution < 1.29 is 23.8 Å². The molecule has 32 heavy (non-hydrogen) atoms. The molecular formula is C24H26N2O5S. The van der Waals surface area contributed by atoms with Gasteiger partial charge >= 0.3 is 0 Å². The number of thioether (sulfide) groups is 1. The van der Waals surface area contributed by atoms with Crippen molar-refractivity contribution >= 4 is 29.3 Å². The van der Waals surface area contributed by atoms with Crippen molar-refractivity contribution in [2.75, 3.05) is 44.2 Å². The van der Waals surface area contributed by atoms with Gasteiger partial charge in [0.15, 0.2) is 11.5 Å². The van der Waals surface area contributed by atoms with Crippen LogP contribution >= 0.6 is 11.8 Å². The lowest BCUT2D eigenvalue weighted by Gasteiger charge is -2.24. The Morgan fingerprint density at radius 2 is 1.91 bits per heavy atom. The number of nitrogens with zero attached hydrogens (tertiary/aromatic N) is 2. The second-order valence-electron chi connectivity index (χ2n) is 8.19. The highest BCUT2D eigenvalue weighted by atomic mass is 32.2. The Morgan fingerprint density at radius 3 is 2.72 bits per heavy atom. The first-order chi connectivity index (χ1) is 15.6. The molecule has 0 aliphatic carbocycles. The molecule has 2 amide bonds. The summed E-state index contributed by atoms with van der Waals surface area (Å²) in [6.07, 6.45) is 1.14. The van der Waals surface area contributed by atoms with Gasteiger partial charge in [-0.05, 0) is 48.4 Å². The average molecular weight is 455 g/mol. The maximum atomic E-state index is 13.3. The van der Waals surface area contributed by atoms with Gasteiger partial charge in [-0.25, -0.2) is 0 Å². The zero-order chi connectivity index (χ0) is 22.1. The van der Waals surface area contributed by atoms with Crippen LogP contribution in [0.3, 0.4) is 0 Å². The zero-order valence-corrected chi connectivity index (χ0v) is 18.8. The zero-order valence-electron chi connectivity index (χ0n) is 18.0. The minimum absolute atomic E-state index is 0.00375. The van der Waals surface area contributed by atoms with Crippen molar-refractivity contribution in [3.8, 4) is 17.2 Å². The first-order valence-corrected chi connectivity index (χ1v) is 11.9. The van der Waals surface area contributed by atoms with Crippen LogP contribution in [0.4, 0.5) is 5.69 Å². The summed E-state index contributed by atoms with van der Waals surface area (Å²) in [7, 11) is 1.61. The molecule has 0 radical (unpaired) electrons. The third-order valence-corrected chi connectivity index (χ3v) is 7.61. The Kier molecular flexibility index (Phi) is 5.87. The van der Waals surface area contributed by atoms with Crippen molar-refractivity contribution in [3.63, 3.8) is 0 Å². The topological polar surface area (TPSA) is 68.3 Å². The summed E-state index contributed by atoms with van der Waals surface area (Å²) in [6, 6.07) is 13.5. The van der Waals surface area contributed by atoms with Crippen molar-refractivity contribution in [2.45, 2.75) is 18.1 Å². The van der Waals surface area contributed by atoms with Crippen LogP contribution in [0.25, 0.3) is 0 Å². The van der Waals surface area contributed by atoms with Gasteiger partial charge in [-0.1, -0.05) is 6.07 Å². The monoisotopic (exact) mass is 454 g/mol. The van der Waals surface area contributed by atoms with Crippen LogP contribution in [0.5, 0.6) is 17.2 Å². The number of rotatable bonds is 4. The Balaban J connectivity index is 1.22. The highest BCUT2D eigenvalue weighted by molar-refractivity contribution is 7.99. The number of hydrogen-bond donors (Lipinski definition) is 0. The van der Waals surface area contributed by atoms with Crippen molar-refractivity contribution in [2.24, 2.45) is 5.92 Å². The molecule has 2 unspecified atom stereocenters. The maximum Gasteiger partial charge on any atom is 0.231 e. The number of carbonyl (C=O) groups is 2. The molecule has 3 aliphatic heterocycles. The molecule has 2 aromatic rings. The molecule has 0 saturated carbocycles. The molecule has 2 fully saturated rings. The van der Waals surface area contributed by atoms with E-state index in [-0.39, 0.29) is 30.9 Å². The van der Waals surface area contributed by atoms with E-state index >= 15 is 0 Å². The number of ether oxygens (including phenoxy) is 3. The van der Waals surface area contributed by atoms with Crippen molar-refractivity contribution in [1.82, 2.24) is 4.90 Å². The lowest BCUT2D eigenvalue weighted by molar-refractivity contribution is -0.135. The molecule has 3 heterocycles. The summed E-state index contributed by atoms with van der Waals surface area (Å²) < 4.78 is 16.1. The third-order valence-electron chi connectivity index (χ3n) is 6.28. The predicted octanol–water partition coefficient (Wildman–Crippen LogP) is 3.48. The van der Waals surface area contributed by atoms with Gasteiger partial charge in [0.2, 0.25) is 18.6 Å². The second-order valence-corrected chi connectivity index (χ2v) is 9.50. The smallest absolute Gasteiger partial charge is 0.231 e. The number of anilines is 1. The maximum absolute atomic E-state index is 13.3. The van der Waals surface area contributed by atoms with Gasteiger partial charge in [0.1, 0.15) is 5.75 Å². The quantitative estimate of drug-likeness (QED) is 0.705. The minimum Gasteiger partial charge on any atom is -0.497 e. The minimum atomic E-state index is -0.295. The van der Waals surface area contributed by atoms with E-state index in [1.165, 1.54) is 5.56 Å². The largest absolute Gasteiger partial charge is 0.497 e. The Morgan fingerprint density at radius 1 is 1.09 bits per heavy atom. The highest BCUT2D eigenvalue weighted by Gasteiger charge is 2.37. The Hall–Kier alpha value is -2.87. The van der Waals surface area contributed by atoms with Crippen LogP contribution in [0, 0.1) is 5.92 Å². The summed E-state index contributed by atoms with van der Waals surface area (Å²) in [6.45, 7) is 2.10. The van der Waals surface area contributed by atoms with Gasteiger partial charge in [0.05, 0.1) is 13.0 Å².